The van der Waals surface area contributed by atoms with Crippen LogP contribution in [0.15, 0.2) is 30.7 Å². The predicted molar refractivity (Wildman–Crippen MR) is 75.8 cm³/mol. The van der Waals surface area contributed by atoms with Crippen LogP contribution >= 0.6 is 0 Å². The SMILES string of the molecule is CC(CCc1ccc2c(c1)OCO2)NCc1cnc[nH]1. The standard InChI is InChI=1S/C15H19N3O2/c1-11(17-8-13-7-16-9-18-13)2-3-12-4-5-14-15(6-12)20-10-19-14/h4-7,9,11,17H,2-3,8,10H2,1H3,(H,16,18). The lowest BCUT2D eigenvalue weighted by Gasteiger charge is -2.13. The van der Waals surface area contributed by atoms with Crippen molar-refractivity contribution in [2.24, 2.45) is 0 Å². The first-order chi connectivity index (χ1) is 9.81. The molecule has 2 N–H and O–H groups in total. The van der Waals surface area contributed by atoms with Gasteiger partial charge in [-0.25, -0.2) is 4.98 Å². The lowest BCUT2D eigenvalue weighted by Crippen LogP contribution is -2.26. The van der Waals surface area contributed by atoms with Gasteiger partial charge in [0.05, 0.1) is 6.33 Å². The van der Waals surface area contributed by atoms with E-state index in [4.69, 9.17) is 9.47 Å². The highest BCUT2D eigenvalue weighted by molar-refractivity contribution is 5.44. The van der Waals surface area contributed by atoms with Crippen LogP contribution in [0.2, 0.25) is 0 Å². The summed E-state index contributed by atoms with van der Waals surface area (Å²) in [6.45, 7) is 3.35. The summed E-state index contributed by atoms with van der Waals surface area (Å²) >= 11 is 0. The van der Waals surface area contributed by atoms with Crippen LogP contribution in [0.5, 0.6) is 11.5 Å². The Balaban J connectivity index is 1.46. The van der Waals surface area contributed by atoms with Gasteiger partial charge in [-0.2, -0.15) is 0 Å². The van der Waals surface area contributed by atoms with Crippen molar-refractivity contribution in [2.75, 3.05) is 6.79 Å². The van der Waals surface area contributed by atoms with Gasteiger partial charge < -0.3 is 19.8 Å². The Kier molecular flexibility index (Phi) is 3.87. The Morgan fingerprint density at radius 3 is 3.10 bits per heavy atom. The van der Waals surface area contributed by atoms with Crippen molar-refractivity contribution in [2.45, 2.75) is 32.4 Å². The first kappa shape index (κ1) is 13.0. The van der Waals surface area contributed by atoms with Crippen molar-refractivity contribution in [3.8, 4) is 11.5 Å². The van der Waals surface area contributed by atoms with E-state index in [1.807, 2.05) is 12.3 Å². The molecule has 1 atom stereocenters. The van der Waals surface area contributed by atoms with E-state index in [2.05, 4.69) is 34.3 Å². The summed E-state index contributed by atoms with van der Waals surface area (Å²) < 4.78 is 10.7. The molecule has 1 unspecified atom stereocenters. The summed E-state index contributed by atoms with van der Waals surface area (Å²) in [7, 11) is 0. The molecule has 5 heteroatoms. The molecule has 1 aliphatic rings. The second-order valence-corrected chi connectivity index (χ2v) is 5.09. The van der Waals surface area contributed by atoms with Gasteiger partial charge in [-0.15, -0.1) is 0 Å². The number of hydrogen-bond donors (Lipinski definition) is 2. The zero-order valence-electron chi connectivity index (χ0n) is 11.6. The molecule has 0 spiro atoms. The van der Waals surface area contributed by atoms with Crippen LogP contribution < -0.4 is 14.8 Å². The molecule has 3 rings (SSSR count). The van der Waals surface area contributed by atoms with E-state index in [1.54, 1.807) is 6.33 Å². The number of H-pyrrole nitrogens is 1. The third kappa shape index (κ3) is 3.11. The molecule has 0 bridgehead atoms. The maximum Gasteiger partial charge on any atom is 0.231 e. The first-order valence-electron chi connectivity index (χ1n) is 6.90. The van der Waals surface area contributed by atoms with E-state index in [9.17, 15) is 0 Å². The second kappa shape index (κ2) is 5.96. The van der Waals surface area contributed by atoms with E-state index in [0.717, 1.165) is 36.6 Å². The molecule has 20 heavy (non-hydrogen) atoms. The highest BCUT2D eigenvalue weighted by Gasteiger charge is 2.13. The van der Waals surface area contributed by atoms with Crippen molar-refractivity contribution in [1.82, 2.24) is 15.3 Å². The van der Waals surface area contributed by atoms with Gasteiger partial charge in [-0.05, 0) is 37.5 Å². The van der Waals surface area contributed by atoms with Crippen molar-refractivity contribution < 1.29 is 9.47 Å². The molecule has 1 aromatic carbocycles. The fraction of sp³-hybridized carbons (Fsp3) is 0.400. The fourth-order valence-electron chi connectivity index (χ4n) is 2.25. The van der Waals surface area contributed by atoms with Crippen molar-refractivity contribution in [3.63, 3.8) is 0 Å². The summed E-state index contributed by atoms with van der Waals surface area (Å²) in [4.78, 5) is 7.10. The number of nitrogens with zero attached hydrogens (tertiary/aromatic N) is 1. The number of ether oxygens (including phenoxy) is 2. The molecule has 0 fully saturated rings. The van der Waals surface area contributed by atoms with Gasteiger partial charge >= 0.3 is 0 Å². The summed E-state index contributed by atoms with van der Waals surface area (Å²) in [6.07, 6.45) is 5.65. The van der Waals surface area contributed by atoms with Crippen LogP contribution in [0.1, 0.15) is 24.6 Å². The van der Waals surface area contributed by atoms with Gasteiger partial charge in [0.15, 0.2) is 11.5 Å². The van der Waals surface area contributed by atoms with Crippen LogP contribution in [0.4, 0.5) is 0 Å². The molecule has 106 valence electrons. The molecule has 0 saturated carbocycles. The van der Waals surface area contributed by atoms with Gasteiger partial charge in [-0.1, -0.05) is 6.07 Å². The smallest absolute Gasteiger partial charge is 0.231 e. The number of benzene rings is 1. The normalized spacial score (nSPS) is 14.4. The molecule has 2 aromatic rings. The van der Waals surface area contributed by atoms with Gasteiger partial charge in [-0.3, -0.25) is 0 Å². The van der Waals surface area contributed by atoms with Crippen molar-refractivity contribution in [3.05, 3.63) is 42.0 Å². The van der Waals surface area contributed by atoms with Gasteiger partial charge in [0, 0.05) is 24.5 Å². The minimum absolute atomic E-state index is 0.334. The van der Waals surface area contributed by atoms with Crippen LogP contribution in [0, 0.1) is 0 Å². The summed E-state index contributed by atoms with van der Waals surface area (Å²) in [5.41, 5.74) is 2.39. The molecule has 0 saturated heterocycles. The number of rotatable bonds is 6. The quantitative estimate of drug-likeness (QED) is 0.847. The van der Waals surface area contributed by atoms with Crippen molar-refractivity contribution >= 4 is 0 Å². The maximum atomic E-state index is 5.39. The number of fused-ring (bicyclic) bond motifs is 1. The zero-order chi connectivity index (χ0) is 13.8. The number of hydrogen-bond acceptors (Lipinski definition) is 4. The summed E-state index contributed by atoms with van der Waals surface area (Å²) in [5, 5.41) is 3.48. The van der Waals surface area contributed by atoms with Crippen LogP contribution in [0.3, 0.4) is 0 Å². The average Bonchev–Trinajstić information content (AvgIpc) is 3.13. The Hall–Kier alpha value is -2.01. The Labute approximate surface area is 118 Å². The predicted octanol–water partition coefficient (Wildman–Crippen LogP) is 2.25. The van der Waals surface area contributed by atoms with E-state index in [0.29, 0.717) is 12.8 Å². The molecule has 2 heterocycles. The molecule has 0 aliphatic carbocycles. The van der Waals surface area contributed by atoms with Crippen LogP contribution in [0.25, 0.3) is 0 Å². The minimum Gasteiger partial charge on any atom is -0.454 e. The lowest BCUT2D eigenvalue weighted by atomic mass is 10.1. The number of aromatic nitrogens is 2. The van der Waals surface area contributed by atoms with Crippen LogP contribution in [-0.4, -0.2) is 22.8 Å². The third-order valence-corrected chi connectivity index (χ3v) is 3.50. The van der Waals surface area contributed by atoms with E-state index < -0.39 is 0 Å². The summed E-state index contributed by atoms with van der Waals surface area (Å²) in [5.74, 6) is 1.71. The Morgan fingerprint density at radius 1 is 1.35 bits per heavy atom. The zero-order valence-corrected chi connectivity index (χ0v) is 11.6. The minimum atomic E-state index is 0.334. The fourth-order valence-corrected chi connectivity index (χ4v) is 2.25. The molecule has 5 nitrogen and oxygen atoms in total. The highest BCUT2D eigenvalue weighted by Crippen LogP contribution is 2.32. The molecule has 0 radical (unpaired) electrons. The van der Waals surface area contributed by atoms with E-state index >= 15 is 0 Å². The van der Waals surface area contributed by atoms with Gasteiger partial charge in [0.2, 0.25) is 6.79 Å². The van der Waals surface area contributed by atoms with Crippen molar-refractivity contribution in [1.29, 1.82) is 0 Å². The number of aryl methyl sites for hydroxylation is 1. The lowest BCUT2D eigenvalue weighted by molar-refractivity contribution is 0.174. The Morgan fingerprint density at radius 2 is 2.25 bits per heavy atom. The molecular formula is C15H19N3O2. The molecule has 1 aliphatic heterocycles. The number of imidazole rings is 1. The third-order valence-electron chi connectivity index (χ3n) is 3.50. The van der Waals surface area contributed by atoms with Gasteiger partial charge in [0.25, 0.3) is 0 Å². The number of aromatic amines is 1. The van der Waals surface area contributed by atoms with E-state index in [1.165, 1.54) is 5.56 Å². The topological polar surface area (TPSA) is 59.2 Å². The molecular weight excluding hydrogens is 254 g/mol. The number of nitrogens with one attached hydrogen (secondary N) is 2. The summed E-state index contributed by atoms with van der Waals surface area (Å²) in [6, 6.07) is 6.61. The first-order valence-corrected chi connectivity index (χ1v) is 6.90. The maximum absolute atomic E-state index is 5.39. The highest BCUT2D eigenvalue weighted by atomic mass is 16.7. The van der Waals surface area contributed by atoms with Crippen LogP contribution in [-0.2, 0) is 13.0 Å². The van der Waals surface area contributed by atoms with Gasteiger partial charge in [0.1, 0.15) is 0 Å². The van der Waals surface area contributed by atoms with E-state index in [-0.39, 0.29) is 0 Å². The molecule has 0 amide bonds. The average molecular weight is 273 g/mol. The second-order valence-electron chi connectivity index (χ2n) is 5.09. The molecule has 1 aromatic heterocycles. The monoisotopic (exact) mass is 273 g/mol. The largest absolute Gasteiger partial charge is 0.454 e. The Bertz CT molecular complexity index is 554.